The van der Waals surface area contributed by atoms with E-state index in [1.165, 1.54) is 0 Å². The van der Waals surface area contributed by atoms with Crippen molar-refractivity contribution in [1.29, 1.82) is 0 Å². The maximum Gasteiger partial charge on any atom is 0.127 e. The van der Waals surface area contributed by atoms with Crippen molar-refractivity contribution in [2.45, 2.75) is 25.5 Å². The van der Waals surface area contributed by atoms with E-state index in [1.54, 1.807) is 6.20 Å². The summed E-state index contributed by atoms with van der Waals surface area (Å²) in [5, 5.41) is 3.12. The lowest BCUT2D eigenvalue weighted by molar-refractivity contribution is 0.0251. The lowest BCUT2D eigenvalue weighted by atomic mass is 10.1. The summed E-state index contributed by atoms with van der Waals surface area (Å²) in [5.41, 5.74) is 1.11. The van der Waals surface area contributed by atoms with Gasteiger partial charge in [0, 0.05) is 37.3 Å². The predicted molar refractivity (Wildman–Crippen MR) is 61.5 cm³/mol. The molecule has 1 aromatic heterocycles. The number of nitrogens with zero attached hydrogens (tertiary/aromatic N) is 1. The van der Waals surface area contributed by atoms with Gasteiger partial charge in [0.25, 0.3) is 0 Å². The van der Waals surface area contributed by atoms with Crippen LogP contribution in [0.15, 0.2) is 18.5 Å². The minimum atomic E-state index is 0.284. The first-order valence-corrected chi connectivity index (χ1v) is 5.72. The maximum absolute atomic E-state index is 5.98. The number of nitrogens with one attached hydrogen (secondary N) is 1. The van der Waals surface area contributed by atoms with Crippen molar-refractivity contribution in [2.24, 2.45) is 0 Å². The van der Waals surface area contributed by atoms with Gasteiger partial charge in [-0.2, -0.15) is 0 Å². The number of ether oxygens (including phenoxy) is 2. The maximum atomic E-state index is 5.98. The molecule has 0 saturated carbocycles. The molecule has 0 aromatic carbocycles. The number of hydrogen-bond donors (Lipinski definition) is 1. The fourth-order valence-electron chi connectivity index (χ4n) is 1.83. The molecule has 0 unspecified atom stereocenters. The van der Waals surface area contributed by atoms with Gasteiger partial charge in [-0.25, -0.2) is 0 Å². The second-order valence-corrected chi connectivity index (χ2v) is 3.94. The molecule has 1 saturated heterocycles. The highest BCUT2D eigenvalue weighted by Crippen LogP contribution is 2.21. The highest BCUT2D eigenvalue weighted by atomic mass is 16.5. The Morgan fingerprint density at radius 2 is 2.31 bits per heavy atom. The van der Waals surface area contributed by atoms with Crippen molar-refractivity contribution in [2.75, 3.05) is 20.3 Å². The third kappa shape index (κ3) is 2.93. The van der Waals surface area contributed by atoms with Crippen LogP contribution < -0.4 is 10.1 Å². The van der Waals surface area contributed by atoms with Gasteiger partial charge < -0.3 is 14.8 Å². The molecule has 0 aliphatic carbocycles. The van der Waals surface area contributed by atoms with Gasteiger partial charge in [0.05, 0.1) is 13.2 Å². The van der Waals surface area contributed by atoms with E-state index in [2.05, 4.69) is 10.3 Å². The molecule has 0 atom stereocenters. The fraction of sp³-hybridized carbons (Fsp3) is 0.583. The van der Waals surface area contributed by atoms with Crippen molar-refractivity contribution in [3.05, 3.63) is 24.0 Å². The molecule has 16 heavy (non-hydrogen) atoms. The Morgan fingerprint density at radius 1 is 1.50 bits per heavy atom. The lowest BCUT2D eigenvalue weighted by Crippen LogP contribution is -2.26. The summed E-state index contributed by atoms with van der Waals surface area (Å²) in [6.07, 6.45) is 5.86. The quantitative estimate of drug-likeness (QED) is 0.835. The average Bonchev–Trinajstić information content (AvgIpc) is 2.33. The van der Waals surface area contributed by atoms with Crippen LogP contribution in [0.1, 0.15) is 18.4 Å². The van der Waals surface area contributed by atoms with E-state index < -0.39 is 0 Å². The van der Waals surface area contributed by atoms with Crippen molar-refractivity contribution in [1.82, 2.24) is 10.3 Å². The van der Waals surface area contributed by atoms with Crippen LogP contribution in [-0.2, 0) is 11.3 Å². The van der Waals surface area contributed by atoms with Gasteiger partial charge in [0.15, 0.2) is 0 Å². The highest BCUT2D eigenvalue weighted by Gasteiger charge is 2.16. The summed E-state index contributed by atoms with van der Waals surface area (Å²) in [6.45, 7) is 2.39. The molecule has 88 valence electrons. The van der Waals surface area contributed by atoms with Crippen molar-refractivity contribution >= 4 is 0 Å². The summed E-state index contributed by atoms with van der Waals surface area (Å²) in [7, 11) is 1.92. The summed E-state index contributed by atoms with van der Waals surface area (Å²) in [4.78, 5) is 4.11. The lowest BCUT2D eigenvalue weighted by Gasteiger charge is -2.24. The zero-order valence-electron chi connectivity index (χ0n) is 9.61. The van der Waals surface area contributed by atoms with Gasteiger partial charge in [-0.1, -0.05) is 0 Å². The minimum absolute atomic E-state index is 0.284. The smallest absolute Gasteiger partial charge is 0.127 e. The molecule has 0 bridgehead atoms. The van der Waals surface area contributed by atoms with Crippen molar-refractivity contribution in [3.63, 3.8) is 0 Å². The van der Waals surface area contributed by atoms with E-state index in [9.17, 15) is 0 Å². The Hall–Kier alpha value is -1.13. The van der Waals surface area contributed by atoms with Crippen LogP contribution in [0.3, 0.4) is 0 Å². The molecular weight excluding hydrogens is 204 g/mol. The van der Waals surface area contributed by atoms with Crippen LogP contribution in [0.25, 0.3) is 0 Å². The van der Waals surface area contributed by atoms with Gasteiger partial charge in [-0.15, -0.1) is 0 Å². The van der Waals surface area contributed by atoms with Gasteiger partial charge in [-0.3, -0.25) is 4.98 Å². The molecule has 0 radical (unpaired) electrons. The molecule has 1 N–H and O–H groups in total. The zero-order chi connectivity index (χ0) is 11.2. The van der Waals surface area contributed by atoms with Crippen molar-refractivity contribution < 1.29 is 9.47 Å². The van der Waals surface area contributed by atoms with Crippen LogP contribution in [0, 0.1) is 0 Å². The van der Waals surface area contributed by atoms with Crippen molar-refractivity contribution in [3.8, 4) is 5.75 Å². The van der Waals surface area contributed by atoms with Crippen LogP contribution in [0.2, 0.25) is 0 Å². The molecule has 2 rings (SSSR count). The first-order chi connectivity index (χ1) is 7.90. The predicted octanol–water partition coefficient (Wildman–Crippen LogP) is 1.36. The van der Waals surface area contributed by atoms with Crippen LogP contribution in [0.5, 0.6) is 5.75 Å². The summed E-state index contributed by atoms with van der Waals surface area (Å²) >= 11 is 0. The summed E-state index contributed by atoms with van der Waals surface area (Å²) in [6, 6.07) is 1.93. The monoisotopic (exact) mass is 222 g/mol. The van der Waals surface area contributed by atoms with Gasteiger partial charge in [0.1, 0.15) is 11.9 Å². The number of rotatable bonds is 4. The first-order valence-electron chi connectivity index (χ1n) is 5.72. The topological polar surface area (TPSA) is 43.4 Å². The molecule has 0 spiro atoms. The van der Waals surface area contributed by atoms with E-state index >= 15 is 0 Å². The Bertz CT molecular complexity index is 325. The molecule has 4 heteroatoms. The van der Waals surface area contributed by atoms with E-state index in [1.807, 2.05) is 19.3 Å². The van der Waals surface area contributed by atoms with E-state index in [0.29, 0.717) is 0 Å². The molecule has 0 amide bonds. The third-order valence-electron chi connectivity index (χ3n) is 2.69. The fourth-order valence-corrected chi connectivity index (χ4v) is 1.83. The van der Waals surface area contributed by atoms with Crippen LogP contribution in [-0.4, -0.2) is 31.3 Å². The molecular formula is C12H18N2O2. The van der Waals surface area contributed by atoms with Crippen LogP contribution in [0.4, 0.5) is 0 Å². The zero-order valence-corrected chi connectivity index (χ0v) is 9.61. The first kappa shape index (κ1) is 11.4. The van der Waals surface area contributed by atoms with Crippen LogP contribution >= 0.6 is 0 Å². The Balaban J connectivity index is 2.01. The van der Waals surface area contributed by atoms with E-state index in [0.717, 1.165) is 43.9 Å². The van der Waals surface area contributed by atoms with E-state index in [-0.39, 0.29) is 6.10 Å². The Kier molecular flexibility index (Phi) is 4.13. The molecule has 1 aliphatic rings. The van der Waals surface area contributed by atoms with Gasteiger partial charge >= 0.3 is 0 Å². The number of aromatic nitrogens is 1. The SMILES string of the molecule is CNCc1cnccc1OC1CCOCC1. The Labute approximate surface area is 96.0 Å². The summed E-state index contributed by atoms with van der Waals surface area (Å²) < 4.78 is 11.3. The normalized spacial score (nSPS) is 17.3. The molecule has 1 aliphatic heterocycles. The average molecular weight is 222 g/mol. The number of hydrogen-bond acceptors (Lipinski definition) is 4. The second-order valence-electron chi connectivity index (χ2n) is 3.94. The second kappa shape index (κ2) is 5.82. The molecule has 1 aromatic rings. The minimum Gasteiger partial charge on any atom is -0.490 e. The van der Waals surface area contributed by atoms with E-state index in [4.69, 9.17) is 9.47 Å². The molecule has 2 heterocycles. The molecule has 4 nitrogen and oxygen atoms in total. The van der Waals surface area contributed by atoms with Gasteiger partial charge in [0.2, 0.25) is 0 Å². The Morgan fingerprint density at radius 3 is 3.06 bits per heavy atom. The largest absolute Gasteiger partial charge is 0.490 e. The van der Waals surface area contributed by atoms with Gasteiger partial charge in [-0.05, 0) is 13.1 Å². The standard InChI is InChI=1S/C12H18N2O2/c1-13-8-10-9-14-5-2-12(10)16-11-3-6-15-7-4-11/h2,5,9,11,13H,3-4,6-8H2,1H3. The highest BCUT2D eigenvalue weighted by molar-refractivity contribution is 5.30. The number of pyridine rings is 1. The summed E-state index contributed by atoms with van der Waals surface area (Å²) in [5.74, 6) is 0.941. The molecule has 1 fully saturated rings. The third-order valence-corrected chi connectivity index (χ3v) is 2.69.